The summed E-state index contributed by atoms with van der Waals surface area (Å²) in [5.41, 5.74) is 0. The summed E-state index contributed by atoms with van der Waals surface area (Å²) < 4.78 is 21.8. The molecule has 1 aromatic carbocycles. The van der Waals surface area contributed by atoms with E-state index in [-0.39, 0.29) is 35.9 Å². The molecule has 0 aliphatic rings. The molecule has 0 fully saturated rings. The molecular formula is C15H26O6P2Si. The fourth-order valence-electron chi connectivity index (χ4n) is 2.09. The topological polar surface area (TPSA) is 83.0 Å². The first kappa shape index (κ1) is 22.1. The molecule has 0 aliphatic heterocycles. The van der Waals surface area contributed by atoms with Crippen molar-refractivity contribution < 1.29 is 27.9 Å². The summed E-state index contributed by atoms with van der Waals surface area (Å²) in [7, 11) is -7.44. The summed E-state index contributed by atoms with van der Waals surface area (Å²) in [5, 5.41) is -0.0889. The van der Waals surface area contributed by atoms with Crippen LogP contribution in [-0.2, 0) is 18.1 Å². The van der Waals surface area contributed by atoms with Crippen molar-refractivity contribution in [2.24, 2.45) is 0 Å². The largest absolute Gasteiger partial charge is 0.629 e. The first-order chi connectivity index (χ1) is 11.5. The van der Waals surface area contributed by atoms with Crippen molar-refractivity contribution in [2.45, 2.75) is 32.7 Å². The van der Waals surface area contributed by atoms with Crippen molar-refractivity contribution in [3.63, 3.8) is 0 Å². The van der Waals surface area contributed by atoms with Gasteiger partial charge in [-0.3, -0.25) is 0 Å². The van der Waals surface area contributed by atoms with Gasteiger partial charge in [0.2, 0.25) is 14.5 Å². The highest BCUT2D eigenvalue weighted by atomic mass is 31.3. The molecule has 136 valence electrons. The molecule has 0 aromatic heterocycles. The van der Waals surface area contributed by atoms with Gasteiger partial charge in [-0.05, 0) is 27.7 Å². The average Bonchev–Trinajstić information content (AvgIpc) is 2.54. The van der Waals surface area contributed by atoms with Crippen LogP contribution in [0, 0.1) is 0 Å². The molecule has 0 saturated carbocycles. The highest BCUT2D eigenvalue weighted by molar-refractivity contribution is 7.80. The number of benzene rings is 1. The molecule has 0 spiro atoms. The Hall–Kier alpha value is 0.0569. The molecule has 0 N–H and O–H groups in total. The second-order valence-corrected chi connectivity index (χ2v) is 11.7. The Morgan fingerprint density at radius 2 is 1.17 bits per heavy atom. The van der Waals surface area contributed by atoms with Crippen molar-refractivity contribution in [2.75, 3.05) is 26.4 Å². The molecule has 0 bridgehead atoms. The SMILES string of the molecule is CCO[P+]([O-])(OCC)C([Si]c1ccccc1)[P+]([O-])(OCC)OCC. The lowest BCUT2D eigenvalue weighted by Crippen LogP contribution is -2.43. The third-order valence-electron chi connectivity index (χ3n) is 2.90. The van der Waals surface area contributed by atoms with Gasteiger partial charge in [-0.25, -0.2) is 18.1 Å². The first-order valence-corrected chi connectivity index (χ1v) is 12.3. The molecule has 0 unspecified atom stereocenters. The molecule has 24 heavy (non-hydrogen) atoms. The van der Waals surface area contributed by atoms with Crippen LogP contribution in [0.15, 0.2) is 30.3 Å². The minimum absolute atomic E-state index is 0.0885. The fourth-order valence-corrected chi connectivity index (χ4v) is 10.2. The molecule has 0 atom stereocenters. The van der Waals surface area contributed by atoms with E-state index in [2.05, 4.69) is 0 Å². The van der Waals surface area contributed by atoms with E-state index >= 15 is 0 Å². The van der Waals surface area contributed by atoms with E-state index < -0.39 is 20.9 Å². The van der Waals surface area contributed by atoms with Crippen molar-refractivity contribution in [1.29, 1.82) is 0 Å². The lowest BCUT2D eigenvalue weighted by atomic mass is 10.4. The quantitative estimate of drug-likeness (QED) is 0.398. The summed E-state index contributed by atoms with van der Waals surface area (Å²) >= 11 is 0. The molecule has 0 aliphatic carbocycles. The Balaban J connectivity index is 3.26. The highest BCUT2D eigenvalue weighted by Gasteiger charge is 2.58. The minimum Gasteiger partial charge on any atom is -0.629 e. The monoisotopic (exact) mass is 392 g/mol. The Bertz CT molecular complexity index is 431. The summed E-state index contributed by atoms with van der Waals surface area (Å²) in [6.45, 7) is 7.63. The lowest BCUT2D eigenvalue weighted by Gasteiger charge is -2.39. The van der Waals surface area contributed by atoms with E-state index in [9.17, 15) is 9.79 Å². The van der Waals surface area contributed by atoms with Gasteiger partial charge in [-0.1, -0.05) is 35.5 Å². The van der Waals surface area contributed by atoms with Crippen molar-refractivity contribution in [3.8, 4) is 0 Å². The summed E-state index contributed by atoms with van der Waals surface area (Å²) in [6, 6.07) is 9.40. The normalized spacial score (nSPS) is 12.8. The Morgan fingerprint density at radius 1 is 0.792 bits per heavy atom. The predicted molar refractivity (Wildman–Crippen MR) is 96.0 cm³/mol. The van der Waals surface area contributed by atoms with Crippen molar-refractivity contribution in [3.05, 3.63) is 30.3 Å². The van der Waals surface area contributed by atoms with E-state index in [4.69, 9.17) is 18.1 Å². The van der Waals surface area contributed by atoms with Gasteiger partial charge < -0.3 is 9.79 Å². The zero-order valence-electron chi connectivity index (χ0n) is 14.6. The maximum Gasteiger partial charge on any atom is 0.277 e. The van der Waals surface area contributed by atoms with Gasteiger partial charge in [0.25, 0.3) is 15.9 Å². The zero-order chi connectivity index (χ0) is 18.1. The zero-order valence-corrected chi connectivity index (χ0v) is 17.4. The van der Waals surface area contributed by atoms with Crippen LogP contribution in [-0.4, -0.2) is 41.0 Å². The fraction of sp³-hybridized carbons (Fsp3) is 0.600. The van der Waals surface area contributed by atoms with Crippen LogP contribution in [0.1, 0.15) is 27.7 Å². The third kappa shape index (κ3) is 6.10. The van der Waals surface area contributed by atoms with Gasteiger partial charge in [-0.15, -0.1) is 0 Å². The lowest BCUT2D eigenvalue weighted by molar-refractivity contribution is -0.230. The second kappa shape index (κ2) is 10.9. The van der Waals surface area contributed by atoms with E-state index in [0.29, 0.717) is 0 Å². The van der Waals surface area contributed by atoms with Crippen LogP contribution in [0.2, 0.25) is 0 Å². The summed E-state index contributed by atoms with van der Waals surface area (Å²) in [6.07, 6.45) is 0. The van der Waals surface area contributed by atoms with Gasteiger partial charge in [0.1, 0.15) is 0 Å². The molecule has 0 saturated heterocycles. The van der Waals surface area contributed by atoms with Crippen LogP contribution in [0.4, 0.5) is 0 Å². The molecule has 9 heteroatoms. The van der Waals surface area contributed by atoms with E-state index in [1.807, 2.05) is 30.3 Å². The van der Waals surface area contributed by atoms with Gasteiger partial charge in [0.05, 0.1) is 26.4 Å². The van der Waals surface area contributed by atoms with Crippen LogP contribution in [0.5, 0.6) is 0 Å². The predicted octanol–water partition coefficient (Wildman–Crippen LogP) is 1.69. The number of hydrogen-bond acceptors (Lipinski definition) is 6. The first-order valence-electron chi connectivity index (χ1n) is 8.04. The van der Waals surface area contributed by atoms with Crippen LogP contribution >= 0.6 is 15.9 Å². The molecule has 2 radical (unpaired) electrons. The van der Waals surface area contributed by atoms with E-state index in [0.717, 1.165) is 5.19 Å². The molecular weight excluding hydrogens is 366 g/mol. The maximum absolute atomic E-state index is 13.3. The molecule has 0 amide bonds. The van der Waals surface area contributed by atoms with Crippen molar-refractivity contribution in [1.82, 2.24) is 0 Å². The van der Waals surface area contributed by atoms with Crippen LogP contribution in [0.3, 0.4) is 0 Å². The number of rotatable bonds is 12. The Labute approximate surface area is 148 Å². The maximum atomic E-state index is 13.3. The summed E-state index contributed by atoms with van der Waals surface area (Å²) in [5.74, 6) is 0. The minimum atomic E-state index is -3.68. The standard InChI is InChI=1S/C15H26O6P2Si/c1-5-18-22(16,19-6-2)15(23(17,20-7-3)21-8-4)24-14-12-10-9-11-13-14/h9-13,15H,5-8H2,1-4H3. The molecule has 1 rings (SSSR count). The average molecular weight is 392 g/mol. The van der Waals surface area contributed by atoms with Crippen molar-refractivity contribution >= 4 is 30.6 Å². The second-order valence-electron chi connectivity index (χ2n) is 4.63. The molecule has 6 nitrogen and oxygen atoms in total. The third-order valence-corrected chi connectivity index (χ3v) is 11.9. The van der Waals surface area contributed by atoms with E-state index in [1.54, 1.807) is 27.7 Å². The van der Waals surface area contributed by atoms with E-state index in [1.165, 1.54) is 0 Å². The van der Waals surface area contributed by atoms with Gasteiger partial charge in [-0.2, -0.15) is 0 Å². The Kier molecular flexibility index (Phi) is 10.1. The van der Waals surface area contributed by atoms with Gasteiger partial charge in [0.15, 0.2) is 0 Å². The Morgan fingerprint density at radius 3 is 1.50 bits per heavy atom. The molecule has 0 heterocycles. The number of hydrogen-bond donors (Lipinski definition) is 0. The van der Waals surface area contributed by atoms with Gasteiger partial charge >= 0.3 is 0 Å². The summed E-state index contributed by atoms with van der Waals surface area (Å²) in [4.78, 5) is 26.7. The smallest absolute Gasteiger partial charge is 0.277 e. The van der Waals surface area contributed by atoms with Gasteiger partial charge in [0, 0.05) is 0 Å². The van der Waals surface area contributed by atoms with Crippen LogP contribution < -0.4 is 15.0 Å². The molecule has 1 aromatic rings. The van der Waals surface area contributed by atoms with Crippen LogP contribution in [0.25, 0.3) is 0 Å². The highest BCUT2D eigenvalue weighted by Crippen LogP contribution is 2.74.